The van der Waals surface area contributed by atoms with Crippen LogP contribution in [0.3, 0.4) is 0 Å². The summed E-state index contributed by atoms with van der Waals surface area (Å²) in [6, 6.07) is 9.80. The van der Waals surface area contributed by atoms with Gasteiger partial charge in [0.15, 0.2) is 0 Å². The van der Waals surface area contributed by atoms with Crippen LogP contribution in [0.1, 0.15) is 15.5 Å². The monoisotopic (exact) mass is 349 g/mol. The Morgan fingerprint density at radius 3 is 2.70 bits per heavy atom. The molecule has 23 heavy (non-hydrogen) atoms. The minimum absolute atomic E-state index is 0.178. The molecule has 0 fully saturated rings. The second-order valence-corrected chi connectivity index (χ2v) is 6.38. The second kappa shape index (κ2) is 6.52. The number of nitrogens with one attached hydrogen (secondary N) is 1. The molecule has 1 aromatic carbocycles. The minimum Gasteiger partial charge on any atom is -0.344 e. The van der Waals surface area contributed by atoms with Crippen molar-refractivity contribution in [2.24, 2.45) is 7.05 Å². The lowest BCUT2D eigenvalue weighted by Crippen LogP contribution is -2.23. The van der Waals surface area contributed by atoms with Gasteiger partial charge in [0.05, 0.1) is 17.6 Å². The number of amides is 1. The lowest BCUT2D eigenvalue weighted by atomic mass is 10.2. The van der Waals surface area contributed by atoms with E-state index in [2.05, 4.69) is 10.3 Å². The smallest absolute Gasteiger partial charge is 0.261 e. The van der Waals surface area contributed by atoms with Crippen molar-refractivity contribution in [3.63, 3.8) is 0 Å². The Kier molecular flexibility index (Phi) is 4.45. The van der Waals surface area contributed by atoms with E-state index in [0.29, 0.717) is 22.4 Å². The average Bonchev–Trinajstić information content (AvgIpc) is 3.15. The van der Waals surface area contributed by atoms with Gasteiger partial charge in [0.25, 0.3) is 5.91 Å². The predicted octanol–water partition coefficient (Wildman–Crippen LogP) is 3.87. The Morgan fingerprint density at radius 2 is 2.04 bits per heavy atom. The first-order valence-corrected chi connectivity index (χ1v) is 8.04. The molecule has 0 spiro atoms. The van der Waals surface area contributed by atoms with Crippen molar-refractivity contribution < 1.29 is 9.18 Å². The summed E-state index contributed by atoms with van der Waals surface area (Å²) >= 11 is 7.26. The third-order valence-electron chi connectivity index (χ3n) is 3.39. The first kappa shape index (κ1) is 15.7. The topological polar surface area (TPSA) is 46.9 Å². The predicted molar refractivity (Wildman–Crippen MR) is 89.1 cm³/mol. The molecular weight excluding hydrogens is 337 g/mol. The van der Waals surface area contributed by atoms with Gasteiger partial charge in [-0.1, -0.05) is 23.7 Å². The highest BCUT2D eigenvalue weighted by Gasteiger charge is 2.12. The van der Waals surface area contributed by atoms with E-state index in [-0.39, 0.29) is 11.7 Å². The summed E-state index contributed by atoms with van der Waals surface area (Å²) < 4.78 is 14.7. The molecule has 3 aromatic rings. The molecule has 0 aliphatic heterocycles. The Balaban J connectivity index is 1.69. The molecule has 2 aromatic heterocycles. The molecule has 3 rings (SSSR count). The summed E-state index contributed by atoms with van der Waals surface area (Å²) in [5.74, 6) is 0.221. The van der Waals surface area contributed by atoms with Crippen molar-refractivity contribution in [1.29, 1.82) is 0 Å². The fourth-order valence-corrected chi connectivity index (χ4v) is 3.14. The van der Waals surface area contributed by atoms with Gasteiger partial charge < -0.3 is 9.88 Å². The number of carbonyl (C=O) groups is 1. The number of hydrogen-bond donors (Lipinski definition) is 1. The molecule has 0 unspecified atom stereocenters. The van der Waals surface area contributed by atoms with Gasteiger partial charge in [-0.25, -0.2) is 9.37 Å². The molecule has 0 atom stereocenters. The first-order valence-electron chi connectivity index (χ1n) is 6.84. The summed E-state index contributed by atoms with van der Waals surface area (Å²) in [5.41, 5.74) is 0.881. The largest absolute Gasteiger partial charge is 0.344 e. The lowest BCUT2D eigenvalue weighted by Gasteiger charge is -2.04. The fraction of sp³-hybridized carbons (Fsp3) is 0.125. The van der Waals surface area contributed by atoms with E-state index in [4.69, 9.17) is 11.6 Å². The number of benzene rings is 1. The van der Waals surface area contributed by atoms with Gasteiger partial charge in [0, 0.05) is 11.9 Å². The Hall–Kier alpha value is -2.18. The Morgan fingerprint density at radius 1 is 1.30 bits per heavy atom. The SMILES string of the molecule is Cn1c(Cl)cnc1CNC(=O)c1ccc(-c2ccc(F)cc2)s1. The van der Waals surface area contributed by atoms with Crippen LogP contribution in [0.15, 0.2) is 42.6 Å². The quantitative estimate of drug-likeness (QED) is 0.777. The van der Waals surface area contributed by atoms with Gasteiger partial charge in [0.2, 0.25) is 0 Å². The number of nitrogens with zero attached hydrogens (tertiary/aromatic N) is 2. The zero-order valence-corrected chi connectivity index (χ0v) is 13.8. The summed E-state index contributed by atoms with van der Waals surface area (Å²) in [5, 5.41) is 3.33. The van der Waals surface area contributed by atoms with Crippen molar-refractivity contribution in [3.8, 4) is 10.4 Å². The van der Waals surface area contributed by atoms with Crippen LogP contribution < -0.4 is 5.32 Å². The van der Waals surface area contributed by atoms with Crippen molar-refractivity contribution in [1.82, 2.24) is 14.9 Å². The number of thiophene rings is 1. The van der Waals surface area contributed by atoms with E-state index in [9.17, 15) is 9.18 Å². The highest BCUT2D eigenvalue weighted by molar-refractivity contribution is 7.17. The van der Waals surface area contributed by atoms with Crippen LogP contribution in [0.2, 0.25) is 5.15 Å². The lowest BCUT2D eigenvalue weighted by molar-refractivity contribution is 0.0953. The summed E-state index contributed by atoms with van der Waals surface area (Å²) in [7, 11) is 1.79. The molecule has 0 aliphatic rings. The first-order chi connectivity index (χ1) is 11.0. The van der Waals surface area contributed by atoms with Crippen LogP contribution in [0.5, 0.6) is 0 Å². The molecule has 0 saturated carbocycles. The van der Waals surface area contributed by atoms with Gasteiger partial charge in [-0.2, -0.15) is 0 Å². The molecular formula is C16H13ClFN3OS. The molecule has 0 radical (unpaired) electrons. The number of aromatic nitrogens is 2. The fourth-order valence-electron chi connectivity index (χ4n) is 2.06. The molecule has 0 bridgehead atoms. The summed E-state index contributed by atoms with van der Waals surface area (Å²) in [6.07, 6.45) is 1.54. The maximum Gasteiger partial charge on any atom is 0.261 e. The van der Waals surface area contributed by atoms with Gasteiger partial charge in [-0.05, 0) is 29.8 Å². The Bertz CT molecular complexity index is 841. The third-order valence-corrected chi connectivity index (χ3v) is 4.88. The van der Waals surface area contributed by atoms with Crippen molar-refractivity contribution in [2.75, 3.05) is 0 Å². The summed E-state index contributed by atoms with van der Waals surface area (Å²) in [4.78, 5) is 17.8. The second-order valence-electron chi connectivity index (χ2n) is 4.91. The number of imidazole rings is 1. The average molecular weight is 350 g/mol. The molecule has 0 saturated heterocycles. The van der Waals surface area contributed by atoms with E-state index >= 15 is 0 Å². The van der Waals surface area contributed by atoms with Crippen molar-refractivity contribution in [2.45, 2.75) is 6.54 Å². The van der Waals surface area contributed by atoms with Crippen molar-refractivity contribution >= 4 is 28.8 Å². The molecule has 1 amide bonds. The van der Waals surface area contributed by atoms with E-state index in [1.165, 1.54) is 23.5 Å². The maximum atomic E-state index is 13.0. The molecule has 1 N–H and O–H groups in total. The highest BCUT2D eigenvalue weighted by atomic mass is 35.5. The third kappa shape index (κ3) is 3.43. The molecule has 0 aliphatic carbocycles. The van der Waals surface area contributed by atoms with Gasteiger partial charge >= 0.3 is 0 Å². The molecule has 118 valence electrons. The molecule has 7 heteroatoms. The van der Waals surface area contributed by atoms with E-state index < -0.39 is 0 Å². The normalized spacial score (nSPS) is 10.7. The summed E-state index contributed by atoms with van der Waals surface area (Å²) in [6.45, 7) is 0.297. The molecule has 4 nitrogen and oxygen atoms in total. The van der Waals surface area contributed by atoms with Crippen LogP contribution in [0.25, 0.3) is 10.4 Å². The van der Waals surface area contributed by atoms with Crippen LogP contribution in [0, 0.1) is 5.82 Å². The number of carbonyl (C=O) groups excluding carboxylic acids is 1. The van der Waals surface area contributed by atoms with Gasteiger partial charge in [-0.3, -0.25) is 4.79 Å². The number of hydrogen-bond acceptors (Lipinski definition) is 3. The standard InChI is InChI=1S/C16H13ClFN3OS/c1-21-14(17)8-19-15(21)9-20-16(22)13-7-6-12(23-13)10-2-4-11(18)5-3-10/h2-8H,9H2,1H3,(H,20,22). The van der Waals surface area contributed by atoms with Gasteiger partial charge in [0.1, 0.15) is 16.8 Å². The Labute approximate surface area is 141 Å². The van der Waals surface area contributed by atoms with E-state index in [1.54, 1.807) is 36.0 Å². The van der Waals surface area contributed by atoms with Gasteiger partial charge in [-0.15, -0.1) is 11.3 Å². The van der Waals surface area contributed by atoms with Crippen LogP contribution in [-0.4, -0.2) is 15.5 Å². The number of halogens is 2. The minimum atomic E-state index is -0.281. The zero-order valence-electron chi connectivity index (χ0n) is 12.2. The van der Waals surface area contributed by atoms with Crippen LogP contribution in [-0.2, 0) is 13.6 Å². The van der Waals surface area contributed by atoms with Crippen LogP contribution >= 0.6 is 22.9 Å². The van der Waals surface area contributed by atoms with E-state index in [0.717, 1.165) is 10.4 Å². The highest BCUT2D eigenvalue weighted by Crippen LogP contribution is 2.28. The van der Waals surface area contributed by atoms with E-state index in [1.807, 2.05) is 6.07 Å². The maximum absolute atomic E-state index is 13.0. The zero-order chi connectivity index (χ0) is 16.4. The van der Waals surface area contributed by atoms with Crippen molar-refractivity contribution in [3.05, 3.63) is 64.3 Å². The molecule has 2 heterocycles. The number of rotatable bonds is 4. The van der Waals surface area contributed by atoms with Crippen LogP contribution in [0.4, 0.5) is 4.39 Å².